The molecular formula is C110H140F4O17S2+2. The number of carbonyl (C=O) groups excluding carboxylic acids is 6. The number of halogens is 4. The van der Waals surface area contributed by atoms with E-state index < -0.39 is 92.6 Å². The first-order valence-electron chi connectivity index (χ1n) is 51.5. The summed E-state index contributed by atoms with van der Waals surface area (Å²) < 4.78 is 125. The Hall–Kier alpha value is -6.08. The first kappa shape index (κ1) is 92.0. The van der Waals surface area contributed by atoms with Crippen LogP contribution in [0, 0.1) is 128 Å². The predicted molar refractivity (Wildman–Crippen MR) is 490 cm³/mol. The molecule has 4 aromatic rings. The molecule has 0 N–H and O–H groups in total. The summed E-state index contributed by atoms with van der Waals surface area (Å²) in [5, 5.41) is 0. The number of rotatable bonds is 20. The maximum Gasteiger partial charge on any atom is 0.377 e. The van der Waals surface area contributed by atoms with Crippen molar-refractivity contribution in [1.29, 1.82) is 0 Å². The fourth-order valence-corrected chi connectivity index (χ4v) is 37.8. The SMILES string of the molecule is CC(C)(C)c1ccc([S+]2CCOCC2)cc1.CC(F)(F)C(=O)OC12CC3CC(C1)C1(OC(COC(=O)C45CC6CC(CC(C6)C4)C5)C(COC(=O)C45CC6CC(CC(C6)C4)C5)O1)C(C3)C2.CC(F)(F)C(=O)OC12CC3CC(C1)C1(OC(COC(=O)C45CC6CC(CC(C6)C4)C5)C(COC(=O)C45CC6CC(CC(C6)C4)C5)O1)C(C3)C2.c1ccc([S+](c2ccccc2)c2ccccc2)cc1. The highest BCUT2D eigenvalue weighted by Gasteiger charge is 2.73. The number of hydrogen-bond acceptors (Lipinski definition) is 17. The summed E-state index contributed by atoms with van der Waals surface area (Å²) in [7, 11) is 0.417. The van der Waals surface area contributed by atoms with Crippen LogP contribution in [-0.4, -0.2) is 146 Å². The molecule has 24 aliphatic carbocycles. The average Bonchev–Trinajstić information content (AvgIpc) is 1.63. The molecule has 27 aliphatic rings. The smallest absolute Gasteiger partial charge is 0.377 e. The first-order valence-corrected chi connectivity index (χ1v) is 54.3. The summed E-state index contributed by atoms with van der Waals surface area (Å²) in [4.78, 5) is 86.0. The van der Waals surface area contributed by atoms with Gasteiger partial charge in [0.1, 0.15) is 73.6 Å². The van der Waals surface area contributed by atoms with E-state index in [1.807, 2.05) is 0 Å². The van der Waals surface area contributed by atoms with Crippen LogP contribution in [0.5, 0.6) is 0 Å². The Morgan fingerprint density at radius 3 is 0.805 bits per heavy atom. The Morgan fingerprint density at radius 1 is 0.331 bits per heavy atom. The van der Waals surface area contributed by atoms with Crippen molar-refractivity contribution < 1.29 is 98.4 Å². The molecule has 4 aromatic carbocycles. The molecule has 133 heavy (non-hydrogen) atoms. The lowest BCUT2D eigenvalue weighted by molar-refractivity contribution is -0.326. The monoisotopic (exact) mass is 1870 g/mol. The zero-order valence-electron chi connectivity index (χ0n) is 78.6. The number of alkyl halides is 4. The minimum Gasteiger partial charge on any atom is -0.462 e. The van der Waals surface area contributed by atoms with Gasteiger partial charge in [-0.3, -0.25) is 19.2 Å². The van der Waals surface area contributed by atoms with Gasteiger partial charge in [0.05, 0.1) is 45.8 Å². The number of benzene rings is 4. The van der Waals surface area contributed by atoms with Crippen LogP contribution in [0.3, 0.4) is 0 Å². The van der Waals surface area contributed by atoms with Crippen LogP contribution in [0.25, 0.3) is 0 Å². The minimum absolute atomic E-state index is 0.0146. The van der Waals surface area contributed by atoms with Crippen LogP contribution in [-0.2, 0) is 108 Å². The zero-order chi connectivity index (χ0) is 91.6. The minimum atomic E-state index is -3.56. The van der Waals surface area contributed by atoms with E-state index in [1.165, 1.54) is 114 Å². The van der Waals surface area contributed by atoms with Gasteiger partial charge < -0.3 is 52.1 Å². The molecule has 0 amide bonds. The average molecular weight is 1870 g/mol. The van der Waals surface area contributed by atoms with E-state index in [1.54, 1.807) is 0 Å². The van der Waals surface area contributed by atoms with Crippen LogP contribution in [0.1, 0.15) is 258 Å². The lowest BCUT2D eigenvalue weighted by Crippen LogP contribution is -2.65. The summed E-state index contributed by atoms with van der Waals surface area (Å²) in [5.41, 5.74) is -1.80. The van der Waals surface area contributed by atoms with Crippen LogP contribution in [0.15, 0.2) is 135 Å². The van der Waals surface area contributed by atoms with Gasteiger partial charge in [0.2, 0.25) is 0 Å². The topological polar surface area (TPSA) is 204 Å². The Balaban J connectivity index is 0.000000115. The van der Waals surface area contributed by atoms with Gasteiger partial charge in [-0.05, 0) is 361 Å². The molecule has 8 atom stereocenters. The fourth-order valence-electron chi connectivity index (χ4n) is 33.8. The third-order valence-corrected chi connectivity index (χ3v) is 41.9. The fraction of sp³-hybridized carbons (Fsp3) is 0.727. The molecule has 8 unspecified atom stereocenters. The molecule has 720 valence electrons. The molecule has 24 saturated carbocycles. The van der Waals surface area contributed by atoms with E-state index in [-0.39, 0.29) is 102 Å². The molecule has 24 bridgehead atoms. The van der Waals surface area contributed by atoms with Gasteiger partial charge in [-0.25, -0.2) is 9.59 Å². The maximum atomic E-state index is 14.0. The standard InChI is InChI=1S/2C39H52F2O8.C18H15S.C14H21OS/c2*1-35(40,41)32(42)49-38-16-27-8-28(17-38)39(29(9-27)18-38)47-30(19-45-33(43)36-10-21-2-22(11-36)4-23(3-21)12-36)31(48-39)20-46-34(44)37-13-24-5-25(14-37)7-26(6-24)15-37;1-4-10-16(11-5-1)19(17-12-6-2-7-13-17)18-14-8-3-9-15-18;1-14(2,3)12-4-6-13(7-5-12)16-10-8-15-9-11-16/h2*21-31H,2-20H2,1H3;1-15H;4-7H,8-11H2,1-3H3/q;;2*+1. The van der Waals surface area contributed by atoms with Gasteiger partial charge >= 0.3 is 47.7 Å². The Bertz CT molecular complexity index is 4330. The summed E-state index contributed by atoms with van der Waals surface area (Å²) in [6, 6.07) is 41.4. The second-order valence-electron chi connectivity index (χ2n) is 48.4. The molecule has 0 radical (unpaired) electrons. The van der Waals surface area contributed by atoms with E-state index in [0.29, 0.717) is 134 Å². The molecule has 17 nitrogen and oxygen atoms in total. The van der Waals surface area contributed by atoms with Gasteiger partial charge in [0.25, 0.3) is 0 Å². The predicted octanol–water partition coefficient (Wildman–Crippen LogP) is 21.3. The summed E-state index contributed by atoms with van der Waals surface area (Å²) in [5.74, 6) is -2.93. The molecule has 23 heteroatoms. The van der Waals surface area contributed by atoms with Gasteiger partial charge in [-0.2, -0.15) is 17.6 Å². The number of esters is 6. The molecule has 3 heterocycles. The van der Waals surface area contributed by atoms with Gasteiger partial charge in [0, 0.05) is 48.4 Å². The molecule has 0 aromatic heterocycles. The molecule has 3 saturated heterocycles. The van der Waals surface area contributed by atoms with Crippen LogP contribution >= 0.6 is 0 Å². The van der Waals surface area contributed by atoms with Crippen LogP contribution in [0.4, 0.5) is 17.6 Å². The van der Waals surface area contributed by atoms with Crippen molar-refractivity contribution in [3.63, 3.8) is 0 Å². The number of ether oxygens (including phenoxy) is 11. The lowest BCUT2D eigenvalue weighted by atomic mass is 9.49. The Morgan fingerprint density at radius 2 is 0.571 bits per heavy atom. The van der Waals surface area contributed by atoms with E-state index in [4.69, 9.17) is 52.1 Å². The lowest BCUT2D eigenvalue weighted by Gasteiger charge is -2.62. The van der Waals surface area contributed by atoms with Crippen molar-refractivity contribution in [2.24, 2.45) is 128 Å². The van der Waals surface area contributed by atoms with Gasteiger partial charge in [-0.1, -0.05) is 87.5 Å². The van der Waals surface area contributed by atoms with Crippen molar-refractivity contribution >= 4 is 57.6 Å². The first-order chi connectivity index (χ1) is 63.7. The normalized spacial score (nSPS) is 42.5. The highest BCUT2D eigenvalue weighted by Crippen LogP contribution is 2.70. The van der Waals surface area contributed by atoms with E-state index >= 15 is 0 Å². The van der Waals surface area contributed by atoms with E-state index in [9.17, 15) is 46.3 Å². The quantitative estimate of drug-likeness (QED) is 0.0349. The highest BCUT2D eigenvalue weighted by atomic mass is 32.2. The van der Waals surface area contributed by atoms with E-state index in [2.05, 4.69) is 136 Å². The second-order valence-corrected chi connectivity index (χ2v) is 52.7. The summed E-state index contributed by atoms with van der Waals surface area (Å²) in [6.07, 6.45) is 29.3. The molecule has 27 fully saturated rings. The molecule has 2 spiro atoms. The van der Waals surface area contributed by atoms with E-state index in [0.717, 1.165) is 116 Å². The third-order valence-electron chi connectivity index (χ3n) is 37.4. The molecule has 31 rings (SSSR count). The second kappa shape index (κ2) is 35.0. The Kier molecular flexibility index (Phi) is 24.2. The molecular weight excluding hydrogens is 1730 g/mol. The zero-order valence-corrected chi connectivity index (χ0v) is 80.3. The van der Waals surface area contributed by atoms with Crippen molar-refractivity contribution in [2.45, 2.75) is 337 Å². The molecule has 3 aliphatic heterocycles. The number of carbonyl (C=O) groups is 6. The highest BCUT2D eigenvalue weighted by molar-refractivity contribution is 7.97. The van der Waals surface area contributed by atoms with Crippen molar-refractivity contribution in [3.8, 4) is 0 Å². The van der Waals surface area contributed by atoms with Crippen LogP contribution in [0.2, 0.25) is 0 Å². The van der Waals surface area contributed by atoms with Gasteiger partial charge in [0.15, 0.2) is 31.2 Å². The third kappa shape index (κ3) is 17.8. The maximum absolute atomic E-state index is 14.0. The van der Waals surface area contributed by atoms with Crippen molar-refractivity contribution in [2.75, 3.05) is 51.1 Å². The largest absolute Gasteiger partial charge is 0.462 e. The Labute approximate surface area is 788 Å². The number of hydrogen-bond donors (Lipinski definition) is 0. The van der Waals surface area contributed by atoms with Crippen LogP contribution < -0.4 is 0 Å². The summed E-state index contributed by atoms with van der Waals surface area (Å²) >= 11 is 0. The van der Waals surface area contributed by atoms with Crippen molar-refractivity contribution in [3.05, 3.63) is 121 Å². The van der Waals surface area contributed by atoms with Crippen molar-refractivity contribution in [1.82, 2.24) is 0 Å². The van der Waals surface area contributed by atoms with Gasteiger partial charge in [-0.15, -0.1) is 0 Å². The summed E-state index contributed by atoms with van der Waals surface area (Å²) in [6.45, 7) is 9.97.